The Kier molecular flexibility index (Phi) is 25.9. The van der Waals surface area contributed by atoms with Crippen LogP contribution in [0.3, 0.4) is 0 Å². The van der Waals surface area contributed by atoms with Gasteiger partial charge in [-0.25, -0.2) is 9.78 Å². The fourth-order valence-corrected chi connectivity index (χ4v) is 12.9. The molecule has 9 heterocycles. The normalized spacial score (nSPS) is 17.9. The maximum atomic E-state index is 13.3. The summed E-state index contributed by atoms with van der Waals surface area (Å²) in [6.45, 7) is 24.8. The zero-order chi connectivity index (χ0) is 75.9. The van der Waals surface area contributed by atoms with E-state index < -0.39 is 52.7 Å². The third kappa shape index (κ3) is 22.2. The quantitative estimate of drug-likeness (QED) is 0.0547. The molecule has 105 heavy (non-hydrogen) atoms. The van der Waals surface area contributed by atoms with E-state index in [0.29, 0.717) is 65.1 Å². The minimum Gasteiger partial charge on any atom is -0.474 e. The molecular formula is C81H95N13O11. The van der Waals surface area contributed by atoms with E-state index in [0.717, 1.165) is 81.9 Å². The average Bonchev–Trinajstić information content (AvgIpc) is 0.799. The van der Waals surface area contributed by atoms with E-state index in [-0.39, 0.29) is 36.6 Å². The highest BCUT2D eigenvalue weighted by Crippen LogP contribution is 2.37. The van der Waals surface area contributed by atoms with Gasteiger partial charge in [-0.1, -0.05) is 57.2 Å². The predicted octanol–water partition coefficient (Wildman–Crippen LogP) is 12.8. The van der Waals surface area contributed by atoms with Crippen molar-refractivity contribution >= 4 is 103 Å². The van der Waals surface area contributed by atoms with E-state index in [1.54, 1.807) is 75.0 Å². The molecule has 0 aliphatic carbocycles. The molecule has 6 atom stereocenters. The molecule has 0 spiro atoms. The Hall–Kier alpha value is -11.1. The van der Waals surface area contributed by atoms with Crippen LogP contribution in [-0.4, -0.2) is 123 Å². The first-order valence-electron chi connectivity index (χ1n) is 35.4. The van der Waals surface area contributed by atoms with Crippen molar-refractivity contribution in [1.82, 2.24) is 45.0 Å². The first-order chi connectivity index (χ1) is 49.8. The fraction of sp³-hybridized carbons (Fsp3) is 0.383. The number of carboxylic acids is 1. The molecule has 0 saturated carbocycles. The highest BCUT2D eigenvalue weighted by atomic mass is 16.6. The molecule has 3 aromatic carbocycles. The van der Waals surface area contributed by atoms with E-state index >= 15 is 0 Å². The van der Waals surface area contributed by atoms with Gasteiger partial charge in [0.05, 0.1) is 72.0 Å². The van der Waals surface area contributed by atoms with Crippen LogP contribution in [0.25, 0.3) is 32.3 Å². The lowest BCUT2D eigenvalue weighted by atomic mass is 9.89. The Balaban J connectivity index is 0.000000169. The first kappa shape index (κ1) is 78.0. The zero-order valence-corrected chi connectivity index (χ0v) is 61.8. The number of carboxylic acid groups (broad SMARTS) is 1. The largest absolute Gasteiger partial charge is 0.474 e. The molecule has 5 amide bonds. The Morgan fingerprint density at radius 2 is 0.857 bits per heavy atom. The molecule has 9 aromatic rings. The summed E-state index contributed by atoms with van der Waals surface area (Å²) in [4.78, 5) is 126. The summed E-state index contributed by atoms with van der Waals surface area (Å²) >= 11 is 0. The average molecular weight is 1430 g/mol. The number of nitrogens with one attached hydrogen (secondary N) is 4. The molecule has 12 rings (SSSR count). The van der Waals surface area contributed by atoms with Crippen LogP contribution in [0.5, 0.6) is 0 Å². The number of pyridine rings is 6. The number of aliphatic carboxylic acids is 1. The van der Waals surface area contributed by atoms with Gasteiger partial charge in [0, 0.05) is 72.5 Å². The Labute approximate surface area is 612 Å². The molecular weight excluding hydrogens is 1330 g/mol. The number of carbonyl (C=O) groups is 8. The van der Waals surface area contributed by atoms with Crippen molar-refractivity contribution in [1.29, 1.82) is 0 Å². The van der Waals surface area contributed by atoms with Crippen LogP contribution >= 0.6 is 0 Å². The van der Waals surface area contributed by atoms with Crippen molar-refractivity contribution in [2.45, 2.75) is 164 Å². The Morgan fingerprint density at radius 3 is 1.24 bits per heavy atom. The standard InChI is InChI=1S/C29H34N4O4.C23H25N5O2.C15H18N2.C14H18N2O5/c1-18-6-9-25(21-7-8-22-15-30-11-10-20(22)13-21)33(17-18)28(36)27(35)32-23-12-19(2)24(31-16-23)14-26(34)37-29(3,4)5;1-14-3-6-20(17-4-5-18-11-25-8-7-16(18)10-17)28(13-14)23(30)22(29)27-19-9-15(2)21(24)26-12-19;1-11-2-5-15(17-9-11)13-3-4-14-10-16-7-6-12(14)8-13;1-8-5-9(16-12(18)13(19)20)7-15-10(8)6-11(17)21-14(2,3)4/h7-8,10-13,15-16,18,25H,6,9,14,17H2,1-5H3,(H,32,35);4-5,7-12,14,20H,3,6,13H2,1-2H3,(H2,24,26)(H,27,29);3-4,6-8,10-11,15,17H,2,5,9H2,1H3;5,7H,6H2,1-4H3,(H,16,18)(H,19,20). The van der Waals surface area contributed by atoms with Crippen LogP contribution in [0.15, 0.2) is 147 Å². The molecule has 7 N–H and O–H groups in total. The predicted molar refractivity (Wildman–Crippen MR) is 404 cm³/mol. The molecule has 3 aliphatic rings. The monoisotopic (exact) mass is 1430 g/mol. The number of nitrogens with two attached hydrogens (primary N) is 1. The summed E-state index contributed by atoms with van der Waals surface area (Å²) in [5.41, 5.74) is 12.4. The number of piperidine rings is 3. The Bertz CT molecular complexity index is 4660. The van der Waals surface area contributed by atoms with Gasteiger partial charge in [-0.15, -0.1) is 0 Å². The van der Waals surface area contributed by atoms with Crippen LogP contribution in [0.1, 0.15) is 164 Å². The van der Waals surface area contributed by atoms with Gasteiger partial charge in [0.1, 0.15) is 17.0 Å². The number of amides is 5. The number of carbonyl (C=O) groups excluding carboxylic acids is 7. The maximum absolute atomic E-state index is 13.3. The molecule has 3 fully saturated rings. The van der Waals surface area contributed by atoms with Crippen LogP contribution in [-0.2, 0) is 60.7 Å². The SMILES string of the molecule is CC1CCC(c2ccc3cnccc3c2)NC1.Cc1cc(NC(=O)C(=O)N2CC(C)CCC2c2ccc3cnccc3c2)cnc1CC(=O)OC(C)(C)C.Cc1cc(NC(=O)C(=O)N2CC(C)CCC2c2ccc3cnccc3c2)cnc1N.Cc1cc(NC(=O)C(=O)O)cnc1CC(=O)OC(C)(C)C. The summed E-state index contributed by atoms with van der Waals surface area (Å²) in [7, 11) is 0. The summed E-state index contributed by atoms with van der Waals surface area (Å²) < 4.78 is 10.6. The number of nitrogen functional groups attached to an aromatic ring is 1. The highest BCUT2D eigenvalue weighted by Gasteiger charge is 2.37. The van der Waals surface area contributed by atoms with Crippen molar-refractivity contribution in [3.05, 3.63) is 192 Å². The van der Waals surface area contributed by atoms with Gasteiger partial charge < -0.3 is 51.4 Å². The molecule has 6 aromatic heterocycles. The van der Waals surface area contributed by atoms with Crippen molar-refractivity contribution in [2.75, 3.05) is 41.3 Å². The Morgan fingerprint density at radius 1 is 0.476 bits per heavy atom. The molecule has 24 heteroatoms. The smallest absolute Gasteiger partial charge is 0.394 e. The number of ether oxygens (including phenoxy) is 2. The van der Waals surface area contributed by atoms with Gasteiger partial charge in [0.2, 0.25) is 0 Å². The van der Waals surface area contributed by atoms with E-state index in [1.807, 2.05) is 88.9 Å². The number of fused-ring (bicyclic) bond motifs is 3. The van der Waals surface area contributed by atoms with Gasteiger partial charge in [-0.2, -0.15) is 0 Å². The van der Waals surface area contributed by atoms with Crippen molar-refractivity contribution in [3.63, 3.8) is 0 Å². The van der Waals surface area contributed by atoms with Gasteiger partial charge in [-0.05, 0) is 229 Å². The number of aromatic nitrogens is 6. The second-order valence-corrected chi connectivity index (χ2v) is 29.5. The number of rotatable bonds is 10. The lowest BCUT2D eigenvalue weighted by Gasteiger charge is -2.38. The number of aryl methyl sites for hydroxylation is 3. The molecule has 3 aliphatic heterocycles. The second kappa shape index (κ2) is 34.9. The van der Waals surface area contributed by atoms with Gasteiger partial charge in [0.15, 0.2) is 0 Å². The van der Waals surface area contributed by atoms with Crippen LogP contribution in [0.4, 0.5) is 22.9 Å². The number of likely N-dealkylation sites (tertiary alicyclic amines) is 2. The summed E-state index contributed by atoms with van der Waals surface area (Å²) in [6.07, 6.45) is 21.4. The topological polar surface area (TPSA) is 333 Å². The van der Waals surface area contributed by atoms with Gasteiger partial charge >= 0.3 is 47.4 Å². The first-order valence-corrected chi connectivity index (χ1v) is 35.4. The van der Waals surface area contributed by atoms with Gasteiger partial charge in [0.25, 0.3) is 0 Å². The number of anilines is 4. The molecule has 550 valence electrons. The number of nitrogens with zero attached hydrogens (tertiary/aromatic N) is 8. The molecule has 24 nitrogen and oxygen atoms in total. The molecule has 6 unspecified atom stereocenters. The third-order valence-electron chi connectivity index (χ3n) is 18.3. The second-order valence-electron chi connectivity index (χ2n) is 29.5. The van der Waals surface area contributed by atoms with Crippen molar-refractivity contribution in [2.24, 2.45) is 17.8 Å². The molecule has 3 saturated heterocycles. The fourth-order valence-electron chi connectivity index (χ4n) is 12.9. The molecule has 0 bridgehead atoms. The van der Waals surface area contributed by atoms with Crippen LogP contribution in [0.2, 0.25) is 0 Å². The van der Waals surface area contributed by atoms with E-state index in [1.165, 1.54) is 47.8 Å². The maximum Gasteiger partial charge on any atom is 0.394 e. The summed E-state index contributed by atoms with van der Waals surface area (Å²) in [5.74, 6) is -4.11. The van der Waals surface area contributed by atoms with Gasteiger partial charge in [-0.3, -0.25) is 58.5 Å². The molecule has 0 radical (unpaired) electrons. The summed E-state index contributed by atoms with van der Waals surface area (Å²) in [6, 6.07) is 30.1. The van der Waals surface area contributed by atoms with Crippen LogP contribution in [0, 0.1) is 38.5 Å². The van der Waals surface area contributed by atoms with Crippen molar-refractivity contribution in [3.8, 4) is 0 Å². The van der Waals surface area contributed by atoms with E-state index in [2.05, 4.69) is 108 Å². The lowest BCUT2D eigenvalue weighted by molar-refractivity contribution is -0.155. The number of hydrogen-bond acceptors (Lipinski definition) is 18. The lowest BCUT2D eigenvalue weighted by Crippen LogP contribution is -2.46. The van der Waals surface area contributed by atoms with E-state index in [9.17, 15) is 38.4 Å². The number of esters is 2. The van der Waals surface area contributed by atoms with E-state index in [4.69, 9.17) is 20.3 Å². The van der Waals surface area contributed by atoms with Crippen molar-refractivity contribution < 1.29 is 52.9 Å². The minimum atomic E-state index is -1.58. The van der Waals surface area contributed by atoms with Crippen LogP contribution < -0.4 is 27.0 Å². The summed E-state index contributed by atoms with van der Waals surface area (Å²) in [5, 5.41) is 26.4. The zero-order valence-electron chi connectivity index (χ0n) is 61.8. The number of hydrogen-bond donors (Lipinski definition) is 6. The minimum absolute atomic E-state index is 0.0102. The number of benzene rings is 3. The highest BCUT2D eigenvalue weighted by molar-refractivity contribution is 6.40. The third-order valence-corrected chi connectivity index (χ3v) is 18.3.